The summed E-state index contributed by atoms with van der Waals surface area (Å²) in [7, 11) is 1.93. The standard InChI is InChI=1S/C15H18N4OS/c1-17-5-11(4-16-17)6-18-7-12-8-19(13-2-3-21-10-13)15(20)14(12)9-18/h2-5,10,12,14H,6-9H2,1H3/t12-,14-/m0/s1. The molecule has 2 saturated heterocycles. The van der Waals surface area contributed by atoms with E-state index < -0.39 is 0 Å². The van der Waals surface area contributed by atoms with Crippen LogP contribution in [0.3, 0.4) is 0 Å². The summed E-state index contributed by atoms with van der Waals surface area (Å²) in [6.45, 7) is 3.64. The van der Waals surface area contributed by atoms with E-state index >= 15 is 0 Å². The van der Waals surface area contributed by atoms with Gasteiger partial charge in [-0.2, -0.15) is 16.4 Å². The molecule has 0 bridgehead atoms. The molecule has 6 heteroatoms. The van der Waals surface area contributed by atoms with Gasteiger partial charge in [0, 0.05) is 56.3 Å². The van der Waals surface area contributed by atoms with Crippen LogP contribution in [0.5, 0.6) is 0 Å². The fraction of sp³-hybridized carbons (Fsp3) is 0.467. The first-order valence-electron chi connectivity index (χ1n) is 7.24. The van der Waals surface area contributed by atoms with E-state index in [2.05, 4.69) is 15.4 Å². The Morgan fingerprint density at radius 2 is 2.29 bits per heavy atom. The number of fused-ring (bicyclic) bond motifs is 1. The Balaban J connectivity index is 1.43. The average molecular weight is 302 g/mol. The van der Waals surface area contributed by atoms with E-state index in [4.69, 9.17) is 0 Å². The van der Waals surface area contributed by atoms with Crippen molar-refractivity contribution < 1.29 is 4.79 Å². The van der Waals surface area contributed by atoms with Gasteiger partial charge in [-0.1, -0.05) is 0 Å². The minimum absolute atomic E-state index is 0.168. The normalized spacial score (nSPS) is 25.8. The molecule has 0 spiro atoms. The first-order chi connectivity index (χ1) is 10.2. The average Bonchev–Trinajstić information content (AvgIpc) is 3.18. The highest BCUT2D eigenvalue weighted by molar-refractivity contribution is 7.08. The van der Waals surface area contributed by atoms with Gasteiger partial charge in [-0.25, -0.2) is 0 Å². The topological polar surface area (TPSA) is 41.4 Å². The van der Waals surface area contributed by atoms with E-state index in [1.54, 1.807) is 11.3 Å². The van der Waals surface area contributed by atoms with Crippen molar-refractivity contribution in [3.8, 4) is 0 Å². The lowest BCUT2D eigenvalue weighted by molar-refractivity contribution is -0.120. The molecule has 5 nitrogen and oxygen atoms in total. The van der Waals surface area contributed by atoms with E-state index in [9.17, 15) is 4.79 Å². The number of carbonyl (C=O) groups is 1. The lowest BCUT2D eigenvalue weighted by Crippen LogP contribution is -2.32. The Morgan fingerprint density at radius 3 is 2.95 bits per heavy atom. The van der Waals surface area contributed by atoms with Crippen LogP contribution in [-0.4, -0.2) is 40.2 Å². The van der Waals surface area contributed by atoms with Gasteiger partial charge in [-0.05, 0) is 11.4 Å². The summed E-state index contributed by atoms with van der Waals surface area (Å²) in [5.41, 5.74) is 2.29. The second-order valence-electron chi connectivity index (χ2n) is 6.01. The number of hydrogen-bond acceptors (Lipinski definition) is 4. The van der Waals surface area contributed by atoms with E-state index in [1.165, 1.54) is 5.56 Å². The molecule has 0 aromatic carbocycles. The number of aryl methyl sites for hydroxylation is 1. The summed E-state index contributed by atoms with van der Waals surface area (Å²) in [6.07, 6.45) is 3.96. The summed E-state index contributed by atoms with van der Waals surface area (Å²) in [5, 5.41) is 8.30. The summed E-state index contributed by atoms with van der Waals surface area (Å²) >= 11 is 1.65. The van der Waals surface area contributed by atoms with Crippen molar-refractivity contribution in [2.45, 2.75) is 6.54 Å². The number of carbonyl (C=O) groups excluding carboxylic acids is 1. The van der Waals surface area contributed by atoms with Gasteiger partial charge in [0.15, 0.2) is 0 Å². The number of hydrogen-bond donors (Lipinski definition) is 0. The number of anilines is 1. The molecule has 21 heavy (non-hydrogen) atoms. The Morgan fingerprint density at radius 1 is 1.38 bits per heavy atom. The highest BCUT2D eigenvalue weighted by Crippen LogP contribution is 2.36. The number of rotatable bonds is 3. The number of nitrogens with zero attached hydrogens (tertiary/aromatic N) is 4. The Labute approximate surface area is 127 Å². The fourth-order valence-corrected chi connectivity index (χ4v) is 4.18. The van der Waals surface area contributed by atoms with Gasteiger partial charge in [-0.15, -0.1) is 0 Å². The molecule has 0 saturated carbocycles. The number of aromatic nitrogens is 2. The molecule has 0 unspecified atom stereocenters. The lowest BCUT2D eigenvalue weighted by Gasteiger charge is -2.20. The van der Waals surface area contributed by atoms with E-state index in [1.807, 2.05) is 40.5 Å². The SMILES string of the molecule is Cn1cc(CN2C[C@H]3CN(c4ccsc4)C(=O)[C@H]3C2)cn1. The van der Waals surface area contributed by atoms with Gasteiger partial charge in [0.2, 0.25) is 5.91 Å². The van der Waals surface area contributed by atoms with Gasteiger partial charge in [0.1, 0.15) is 0 Å². The van der Waals surface area contributed by atoms with Crippen LogP contribution < -0.4 is 4.90 Å². The zero-order chi connectivity index (χ0) is 14.4. The van der Waals surface area contributed by atoms with Crippen LogP contribution in [0.2, 0.25) is 0 Å². The van der Waals surface area contributed by atoms with Gasteiger partial charge < -0.3 is 4.90 Å². The number of likely N-dealkylation sites (tertiary alicyclic amines) is 1. The second-order valence-corrected chi connectivity index (χ2v) is 6.79. The van der Waals surface area contributed by atoms with Gasteiger partial charge >= 0.3 is 0 Å². The monoisotopic (exact) mass is 302 g/mol. The number of amides is 1. The molecule has 0 radical (unpaired) electrons. The summed E-state index contributed by atoms with van der Waals surface area (Å²) in [6, 6.07) is 2.04. The fourth-order valence-electron chi connectivity index (χ4n) is 3.53. The van der Waals surface area contributed by atoms with Crippen molar-refractivity contribution in [2.24, 2.45) is 18.9 Å². The molecule has 4 rings (SSSR count). The molecular formula is C15H18N4OS. The minimum Gasteiger partial charge on any atom is -0.311 e. The third-order valence-corrected chi connectivity index (χ3v) is 5.17. The maximum absolute atomic E-state index is 12.6. The van der Waals surface area contributed by atoms with E-state index in [0.717, 1.165) is 31.9 Å². The molecule has 0 aliphatic carbocycles. The van der Waals surface area contributed by atoms with Crippen molar-refractivity contribution in [3.05, 3.63) is 34.8 Å². The van der Waals surface area contributed by atoms with Gasteiger partial charge in [0.25, 0.3) is 0 Å². The van der Waals surface area contributed by atoms with Crippen molar-refractivity contribution in [1.29, 1.82) is 0 Å². The van der Waals surface area contributed by atoms with Crippen molar-refractivity contribution in [2.75, 3.05) is 24.5 Å². The van der Waals surface area contributed by atoms with Crippen LogP contribution in [0, 0.1) is 11.8 Å². The predicted molar refractivity (Wildman–Crippen MR) is 82.1 cm³/mol. The molecule has 1 amide bonds. The van der Waals surface area contributed by atoms with Crippen LogP contribution in [0.1, 0.15) is 5.56 Å². The first kappa shape index (κ1) is 13.0. The highest BCUT2D eigenvalue weighted by Gasteiger charge is 2.46. The van der Waals surface area contributed by atoms with Crippen LogP contribution >= 0.6 is 11.3 Å². The maximum Gasteiger partial charge on any atom is 0.231 e. The summed E-state index contributed by atoms with van der Waals surface area (Å²) < 4.78 is 1.83. The molecule has 2 atom stereocenters. The zero-order valence-corrected chi connectivity index (χ0v) is 12.8. The van der Waals surface area contributed by atoms with Crippen LogP contribution in [0.15, 0.2) is 29.2 Å². The third kappa shape index (κ3) is 2.28. The quantitative estimate of drug-likeness (QED) is 0.864. The van der Waals surface area contributed by atoms with Gasteiger partial charge in [-0.3, -0.25) is 14.4 Å². The van der Waals surface area contributed by atoms with Gasteiger partial charge in [0.05, 0.1) is 17.8 Å². The first-order valence-corrected chi connectivity index (χ1v) is 8.18. The van der Waals surface area contributed by atoms with Crippen LogP contribution in [0.4, 0.5) is 5.69 Å². The van der Waals surface area contributed by atoms with E-state index in [0.29, 0.717) is 11.8 Å². The molecule has 2 aromatic heterocycles. The highest BCUT2D eigenvalue weighted by atomic mass is 32.1. The summed E-state index contributed by atoms with van der Waals surface area (Å²) in [5.74, 6) is 0.933. The Bertz CT molecular complexity index is 650. The molecule has 2 aliphatic heterocycles. The van der Waals surface area contributed by atoms with Crippen molar-refractivity contribution in [3.63, 3.8) is 0 Å². The molecule has 2 aliphatic rings. The summed E-state index contributed by atoms with van der Waals surface area (Å²) in [4.78, 5) is 16.9. The minimum atomic E-state index is 0.168. The van der Waals surface area contributed by atoms with E-state index in [-0.39, 0.29) is 5.92 Å². The number of thiophene rings is 1. The molecule has 2 fully saturated rings. The largest absolute Gasteiger partial charge is 0.311 e. The smallest absolute Gasteiger partial charge is 0.231 e. The Hall–Kier alpha value is -1.66. The van der Waals surface area contributed by atoms with Crippen LogP contribution in [0.25, 0.3) is 0 Å². The maximum atomic E-state index is 12.6. The van der Waals surface area contributed by atoms with Crippen LogP contribution in [-0.2, 0) is 18.4 Å². The molecule has 2 aromatic rings. The Kier molecular flexibility index (Phi) is 3.08. The molecule has 110 valence electrons. The lowest BCUT2D eigenvalue weighted by atomic mass is 10.0. The molecule has 0 N–H and O–H groups in total. The predicted octanol–water partition coefficient (Wildman–Crippen LogP) is 1.58. The molecule has 4 heterocycles. The second kappa shape index (κ2) is 4.96. The van der Waals surface area contributed by atoms with Crippen molar-refractivity contribution >= 4 is 22.9 Å². The zero-order valence-electron chi connectivity index (χ0n) is 12.0. The van der Waals surface area contributed by atoms with Crippen molar-refractivity contribution in [1.82, 2.24) is 14.7 Å². The molecular weight excluding hydrogens is 284 g/mol. The third-order valence-electron chi connectivity index (χ3n) is 4.50.